The van der Waals surface area contributed by atoms with Crippen LogP contribution in [0.3, 0.4) is 0 Å². The summed E-state index contributed by atoms with van der Waals surface area (Å²) in [7, 11) is 4.02. The highest BCUT2D eigenvalue weighted by atomic mass is 35.5. The third kappa shape index (κ3) is 2.20. The van der Waals surface area contributed by atoms with Crippen molar-refractivity contribution in [3.63, 3.8) is 0 Å². The number of anilines is 1. The number of hydrogen-bond acceptors (Lipinski definition) is 2. The summed E-state index contributed by atoms with van der Waals surface area (Å²) in [4.78, 5) is 2.06. The fourth-order valence-corrected chi connectivity index (χ4v) is 1.88. The predicted molar refractivity (Wildman–Crippen MR) is 63.2 cm³/mol. The summed E-state index contributed by atoms with van der Waals surface area (Å²) in [5.74, 6) is 0.293. The van der Waals surface area contributed by atoms with Gasteiger partial charge < -0.3 is 10.6 Å². The molecule has 0 amide bonds. The van der Waals surface area contributed by atoms with Crippen LogP contribution in [0.1, 0.15) is 18.4 Å². The zero-order chi connectivity index (χ0) is 10.7. The Morgan fingerprint density at radius 2 is 2.07 bits per heavy atom. The van der Waals surface area contributed by atoms with E-state index in [-0.39, 0.29) is 0 Å². The molecule has 0 fully saturated rings. The second-order valence-corrected chi connectivity index (χ2v) is 4.11. The topological polar surface area (TPSA) is 29.3 Å². The number of benzene rings is 1. The highest BCUT2D eigenvalue weighted by molar-refractivity contribution is 6.31. The summed E-state index contributed by atoms with van der Waals surface area (Å²) in [6.45, 7) is 2.71. The molecule has 3 heteroatoms. The molecule has 1 aromatic rings. The molecule has 14 heavy (non-hydrogen) atoms. The van der Waals surface area contributed by atoms with Crippen LogP contribution in [0.25, 0.3) is 0 Å². The maximum atomic E-state index is 6.16. The van der Waals surface area contributed by atoms with Crippen molar-refractivity contribution in [2.75, 3.05) is 25.5 Å². The summed E-state index contributed by atoms with van der Waals surface area (Å²) in [5, 5.41) is 0.800. The average molecular weight is 213 g/mol. The summed E-state index contributed by atoms with van der Waals surface area (Å²) >= 11 is 6.16. The molecule has 2 N–H and O–H groups in total. The largest absolute Gasteiger partial charge is 0.377 e. The molecule has 0 aromatic heterocycles. The molecule has 1 aromatic carbocycles. The van der Waals surface area contributed by atoms with Crippen LogP contribution in [0.15, 0.2) is 18.2 Å². The summed E-state index contributed by atoms with van der Waals surface area (Å²) < 4.78 is 0. The average Bonchev–Trinajstić information content (AvgIpc) is 2.16. The lowest BCUT2D eigenvalue weighted by molar-refractivity contribution is 0.771. The van der Waals surface area contributed by atoms with Crippen LogP contribution >= 0.6 is 11.6 Å². The van der Waals surface area contributed by atoms with Crippen molar-refractivity contribution in [1.82, 2.24) is 0 Å². The van der Waals surface area contributed by atoms with Gasteiger partial charge in [0.15, 0.2) is 0 Å². The van der Waals surface area contributed by atoms with Gasteiger partial charge in [0.05, 0.1) is 0 Å². The van der Waals surface area contributed by atoms with Gasteiger partial charge >= 0.3 is 0 Å². The van der Waals surface area contributed by atoms with Crippen molar-refractivity contribution in [2.24, 2.45) is 5.73 Å². The van der Waals surface area contributed by atoms with E-state index in [1.807, 2.05) is 26.2 Å². The van der Waals surface area contributed by atoms with Crippen LogP contribution in [0.5, 0.6) is 0 Å². The van der Waals surface area contributed by atoms with Gasteiger partial charge in [-0.25, -0.2) is 0 Å². The highest BCUT2D eigenvalue weighted by Gasteiger charge is 2.13. The fourth-order valence-electron chi connectivity index (χ4n) is 1.52. The van der Waals surface area contributed by atoms with Crippen LogP contribution in [0, 0.1) is 0 Å². The highest BCUT2D eigenvalue weighted by Crippen LogP contribution is 2.32. The normalized spacial score (nSPS) is 12.6. The lowest BCUT2D eigenvalue weighted by atomic mass is 9.99. The van der Waals surface area contributed by atoms with E-state index in [1.54, 1.807) is 0 Å². The summed E-state index contributed by atoms with van der Waals surface area (Å²) in [5.41, 5.74) is 7.95. The molecule has 1 atom stereocenters. The van der Waals surface area contributed by atoms with Crippen molar-refractivity contribution < 1.29 is 0 Å². The Bertz CT molecular complexity index is 310. The molecule has 1 unspecified atom stereocenters. The molecule has 0 aliphatic rings. The van der Waals surface area contributed by atoms with E-state index in [2.05, 4.69) is 17.9 Å². The van der Waals surface area contributed by atoms with Crippen LogP contribution in [0.2, 0.25) is 5.02 Å². The Labute approximate surface area is 90.7 Å². The standard InChI is InChI=1S/C11H17ClN2/c1-8(7-13)11-9(12)5-4-6-10(11)14(2)3/h4-6,8H,7,13H2,1-3H3. The van der Waals surface area contributed by atoms with Gasteiger partial charge in [0, 0.05) is 24.8 Å². The van der Waals surface area contributed by atoms with Gasteiger partial charge in [-0.15, -0.1) is 0 Å². The van der Waals surface area contributed by atoms with Crippen molar-refractivity contribution in [1.29, 1.82) is 0 Å². The van der Waals surface area contributed by atoms with E-state index >= 15 is 0 Å². The fraction of sp³-hybridized carbons (Fsp3) is 0.455. The third-order valence-corrected chi connectivity index (χ3v) is 2.69. The minimum absolute atomic E-state index is 0.293. The molecule has 0 aliphatic carbocycles. The number of hydrogen-bond donors (Lipinski definition) is 1. The van der Waals surface area contributed by atoms with E-state index < -0.39 is 0 Å². The van der Waals surface area contributed by atoms with E-state index in [1.165, 1.54) is 0 Å². The quantitative estimate of drug-likeness (QED) is 0.834. The van der Waals surface area contributed by atoms with E-state index in [4.69, 9.17) is 17.3 Å². The molecule has 0 spiro atoms. The molecule has 2 nitrogen and oxygen atoms in total. The van der Waals surface area contributed by atoms with E-state index in [0.29, 0.717) is 12.5 Å². The van der Waals surface area contributed by atoms with Crippen molar-refractivity contribution >= 4 is 17.3 Å². The molecule has 0 saturated heterocycles. The first-order valence-electron chi connectivity index (χ1n) is 4.73. The van der Waals surface area contributed by atoms with E-state index in [9.17, 15) is 0 Å². The predicted octanol–water partition coefficient (Wildman–Crippen LogP) is 2.47. The van der Waals surface area contributed by atoms with Gasteiger partial charge in [-0.05, 0) is 30.2 Å². The van der Waals surface area contributed by atoms with Gasteiger partial charge in [0.1, 0.15) is 0 Å². The Hall–Kier alpha value is -0.730. The molecular weight excluding hydrogens is 196 g/mol. The van der Waals surface area contributed by atoms with Crippen LogP contribution in [0.4, 0.5) is 5.69 Å². The smallest absolute Gasteiger partial charge is 0.0461 e. The van der Waals surface area contributed by atoms with E-state index in [0.717, 1.165) is 16.3 Å². The lowest BCUT2D eigenvalue weighted by Crippen LogP contribution is -2.16. The zero-order valence-corrected chi connectivity index (χ0v) is 9.67. The third-order valence-electron chi connectivity index (χ3n) is 2.36. The number of nitrogens with two attached hydrogens (primary N) is 1. The van der Waals surface area contributed by atoms with Crippen molar-refractivity contribution in [2.45, 2.75) is 12.8 Å². The van der Waals surface area contributed by atoms with Gasteiger partial charge in [-0.1, -0.05) is 24.6 Å². The molecule has 0 aliphatic heterocycles. The summed E-state index contributed by atoms with van der Waals surface area (Å²) in [6.07, 6.45) is 0. The van der Waals surface area contributed by atoms with Gasteiger partial charge in [-0.2, -0.15) is 0 Å². The molecule has 78 valence electrons. The van der Waals surface area contributed by atoms with Gasteiger partial charge in [0.25, 0.3) is 0 Å². The number of rotatable bonds is 3. The van der Waals surface area contributed by atoms with Crippen molar-refractivity contribution in [3.05, 3.63) is 28.8 Å². The summed E-state index contributed by atoms with van der Waals surface area (Å²) in [6, 6.07) is 5.94. The first-order chi connectivity index (χ1) is 6.57. The molecule has 0 saturated carbocycles. The maximum Gasteiger partial charge on any atom is 0.0461 e. The monoisotopic (exact) mass is 212 g/mol. The second-order valence-electron chi connectivity index (χ2n) is 3.70. The Morgan fingerprint density at radius 3 is 2.57 bits per heavy atom. The maximum absolute atomic E-state index is 6.16. The van der Waals surface area contributed by atoms with Crippen LogP contribution < -0.4 is 10.6 Å². The molecule has 1 rings (SSSR count). The number of halogens is 1. The Morgan fingerprint density at radius 1 is 1.43 bits per heavy atom. The first kappa shape index (κ1) is 11.3. The lowest BCUT2D eigenvalue weighted by Gasteiger charge is -2.21. The van der Waals surface area contributed by atoms with Gasteiger partial charge in [0.2, 0.25) is 0 Å². The molecule has 0 bridgehead atoms. The zero-order valence-electron chi connectivity index (χ0n) is 8.92. The van der Waals surface area contributed by atoms with Crippen LogP contribution in [-0.2, 0) is 0 Å². The molecular formula is C11H17ClN2. The minimum atomic E-state index is 0.293. The SMILES string of the molecule is CC(CN)c1c(Cl)cccc1N(C)C. The van der Waals surface area contributed by atoms with Gasteiger partial charge in [-0.3, -0.25) is 0 Å². The Kier molecular flexibility index (Phi) is 3.78. The molecule has 0 heterocycles. The second kappa shape index (κ2) is 4.67. The van der Waals surface area contributed by atoms with Crippen LogP contribution in [-0.4, -0.2) is 20.6 Å². The minimum Gasteiger partial charge on any atom is -0.377 e. The van der Waals surface area contributed by atoms with Crippen molar-refractivity contribution in [3.8, 4) is 0 Å². The first-order valence-corrected chi connectivity index (χ1v) is 5.11. The Balaban J connectivity index is 3.22. The molecule has 0 radical (unpaired) electrons. The number of nitrogens with zero attached hydrogens (tertiary/aromatic N) is 1.